The lowest BCUT2D eigenvalue weighted by Gasteiger charge is -2.35. The summed E-state index contributed by atoms with van der Waals surface area (Å²) in [7, 11) is 1.75. The van der Waals surface area contributed by atoms with Crippen molar-refractivity contribution in [3.8, 4) is 6.07 Å². The van der Waals surface area contributed by atoms with Crippen LogP contribution in [0, 0.1) is 18.3 Å². The molecule has 12 heteroatoms. The number of aryl methyl sites for hydroxylation is 2. The number of anilines is 2. The number of amides is 1. The van der Waals surface area contributed by atoms with Crippen molar-refractivity contribution in [1.82, 2.24) is 24.1 Å². The number of piperazine rings is 1. The highest BCUT2D eigenvalue weighted by Crippen LogP contribution is 2.27. The Morgan fingerprint density at radius 1 is 1.15 bits per heavy atom. The number of nitriles is 1. The zero-order valence-corrected chi connectivity index (χ0v) is 22.3. The van der Waals surface area contributed by atoms with Gasteiger partial charge in [0.15, 0.2) is 11.4 Å². The van der Waals surface area contributed by atoms with E-state index >= 15 is 0 Å². The molecular formula is C28H28N8O4. The number of nitrogens with one attached hydrogen (secondary N) is 1. The summed E-state index contributed by atoms with van der Waals surface area (Å²) in [4.78, 5) is 46.5. The summed E-state index contributed by atoms with van der Waals surface area (Å²) in [5.41, 5.74) is 2.33. The molecule has 1 fully saturated rings. The van der Waals surface area contributed by atoms with Gasteiger partial charge in [0.05, 0.1) is 23.4 Å². The molecule has 5 rings (SSSR count). The van der Waals surface area contributed by atoms with Crippen molar-refractivity contribution in [3.05, 3.63) is 87.1 Å². The van der Waals surface area contributed by atoms with E-state index in [1.807, 2.05) is 30.9 Å². The maximum absolute atomic E-state index is 13.5. The number of nitrogens with zero attached hydrogens (tertiary/aromatic N) is 7. The Morgan fingerprint density at radius 2 is 1.88 bits per heavy atom. The molecule has 1 aromatic carbocycles. The minimum atomic E-state index is -1.05. The molecule has 0 unspecified atom stereocenters. The van der Waals surface area contributed by atoms with E-state index in [-0.39, 0.29) is 22.9 Å². The molecular weight excluding hydrogens is 512 g/mol. The van der Waals surface area contributed by atoms with E-state index in [0.29, 0.717) is 48.6 Å². The normalized spacial score (nSPS) is 14.2. The van der Waals surface area contributed by atoms with Gasteiger partial charge in [-0.15, -0.1) is 0 Å². The van der Waals surface area contributed by atoms with Crippen molar-refractivity contribution < 1.29 is 14.7 Å². The number of benzene rings is 1. The van der Waals surface area contributed by atoms with Crippen molar-refractivity contribution in [2.45, 2.75) is 19.9 Å². The number of carboxylic acid groups (broad SMARTS) is 1. The second kappa shape index (κ2) is 10.5. The number of carbonyl (C=O) groups excluding carboxylic acids is 1. The minimum Gasteiger partial charge on any atom is -0.478 e. The summed E-state index contributed by atoms with van der Waals surface area (Å²) in [6.45, 7) is 5.27. The van der Waals surface area contributed by atoms with Crippen LogP contribution in [0.5, 0.6) is 0 Å². The van der Waals surface area contributed by atoms with Crippen LogP contribution in [0.2, 0.25) is 0 Å². The Bertz CT molecular complexity index is 1730. The van der Waals surface area contributed by atoms with Gasteiger partial charge in [0.1, 0.15) is 11.7 Å². The predicted molar refractivity (Wildman–Crippen MR) is 148 cm³/mol. The quantitative estimate of drug-likeness (QED) is 0.376. The molecule has 1 aliphatic rings. The van der Waals surface area contributed by atoms with Gasteiger partial charge in [-0.2, -0.15) is 10.4 Å². The van der Waals surface area contributed by atoms with Gasteiger partial charge in [-0.3, -0.25) is 18.7 Å². The van der Waals surface area contributed by atoms with E-state index in [1.54, 1.807) is 47.2 Å². The Hall–Kier alpha value is -5.18. The fourth-order valence-corrected chi connectivity index (χ4v) is 4.98. The zero-order chi connectivity index (χ0) is 28.6. The molecule has 1 amide bonds. The van der Waals surface area contributed by atoms with Crippen molar-refractivity contribution in [2.24, 2.45) is 7.05 Å². The Morgan fingerprint density at radius 3 is 2.52 bits per heavy atom. The summed E-state index contributed by atoms with van der Waals surface area (Å²) < 4.78 is 2.95. The molecule has 3 aromatic heterocycles. The molecule has 0 spiro atoms. The average molecular weight is 541 g/mol. The number of hydrogen-bond donors (Lipinski definition) is 2. The topological polar surface area (TPSA) is 149 Å². The Labute approximate surface area is 229 Å². The van der Waals surface area contributed by atoms with Crippen LogP contribution in [0.3, 0.4) is 0 Å². The van der Waals surface area contributed by atoms with Crippen LogP contribution in [0.15, 0.2) is 53.7 Å². The molecule has 0 radical (unpaired) electrons. The molecule has 1 aliphatic heterocycles. The second-order valence-corrected chi connectivity index (χ2v) is 9.79. The number of para-hydroxylation sites is 1. The monoisotopic (exact) mass is 540 g/mol. The third-order valence-corrected chi connectivity index (χ3v) is 7.00. The highest BCUT2D eigenvalue weighted by atomic mass is 16.4. The fourth-order valence-electron chi connectivity index (χ4n) is 4.98. The number of fused-ring (bicyclic) bond motifs is 1. The third kappa shape index (κ3) is 4.84. The highest BCUT2D eigenvalue weighted by molar-refractivity contribution is 5.94. The molecule has 0 saturated carbocycles. The SMILES string of the molecule is Cc1cc([C@@H](C)Nc2ccccc2C(=O)O)c2nc(N3CCN(C(=O)c4cnn(C)c4)CC3)c(C#N)c(=O)n2c1. The molecule has 12 nitrogen and oxygen atoms in total. The Balaban J connectivity index is 1.49. The van der Waals surface area contributed by atoms with Crippen LogP contribution in [0.25, 0.3) is 5.65 Å². The van der Waals surface area contributed by atoms with E-state index in [2.05, 4.69) is 10.4 Å². The molecule has 1 atom stereocenters. The van der Waals surface area contributed by atoms with Gasteiger partial charge in [-0.1, -0.05) is 12.1 Å². The molecule has 1 saturated heterocycles. The number of rotatable bonds is 6. The van der Waals surface area contributed by atoms with Crippen LogP contribution < -0.4 is 15.8 Å². The maximum Gasteiger partial charge on any atom is 0.337 e. The van der Waals surface area contributed by atoms with Crippen molar-refractivity contribution >= 4 is 29.0 Å². The van der Waals surface area contributed by atoms with Gasteiger partial charge in [0.25, 0.3) is 11.5 Å². The average Bonchev–Trinajstić information content (AvgIpc) is 3.39. The van der Waals surface area contributed by atoms with Gasteiger partial charge in [-0.25, -0.2) is 9.78 Å². The number of aromatic carboxylic acids is 1. The highest BCUT2D eigenvalue weighted by Gasteiger charge is 2.27. The lowest BCUT2D eigenvalue weighted by atomic mass is 10.1. The number of aromatic nitrogens is 4. The molecule has 0 bridgehead atoms. The van der Waals surface area contributed by atoms with Crippen LogP contribution in [0.1, 0.15) is 50.4 Å². The van der Waals surface area contributed by atoms with Gasteiger partial charge < -0.3 is 20.2 Å². The second-order valence-electron chi connectivity index (χ2n) is 9.79. The first-order valence-corrected chi connectivity index (χ1v) is 12.8. The summed E-state index contributed by atoms with van der Waals surface area (Å²) in [6.07, 6.45) is 4.84. The molecule has 204 valence electrons. The predicted octanol–water partition coefficient (Wildman–Crippen LogP) is 2.44. The number of carbonyl (C=O) groups is 2. The molecule has 4 heterocycles. The van der Waals surface area contributed by atoms with Crippen LogP contribution in [-0.4, -0.2) is 67.2 Å². The van der Waals surface area contributed by atoms with Gasteiger partial charge in [0, 0.05) is 56.9 Å². The summed E-state index contributed by atoms with van der Waals surface area (Å²) in [5, 5.41) is 26.8. The largest absolute Gasteiger partial charge is 0.478 e. The number of carboxylic acids is 1. The first-order chi connectivity index (χ1) is 19.2. The molecule has 2 N–H and O–H groups in total. The van der Waals surface area contributed by atoms with Crippen LogP contribution in [0.4, 0.5) is 11.5 Å². The summed E-state index contributed by atoms with van der Waals surface area (Å²) in [6, 6.07) is 10.1. The number of hydrogen-bond acceptors (Lipinski definition) is 8. The minimum absolute atomic E-state index is 0.0714. The van der Waals surface area contributed by atoms with Crippen molar-refractivity contribution in [3.63, 3.8) is 0 Å². The van der Waals surface area contributed by atoms with E-state index in [9.17, 15) is 24.8 Å². The molecule has 0 aliphatic carbocycles. The number of pyridine rings is 1. The lowest BCUT2D eigenvalue weighted by Crippen LogP contribution is -2.49. The van der Waals surface area contributed by atoms with E-state index in [4.69, 9.17) is 4.98 Å². The summed E-state index contributed by atoms with van der Waals surface area (Å²) in [5.74, 6) is -0.913. The molecule has 40 heavy (non-hydrogen) atoms. The van der Waals surface area contributed by atoms with Crippen LogP contribution in [-0.2, 0) is 7.05 Å². The zero-order valence-electron chi connectivity index (χ0n) is 22.3. The van der Waals surface area contributed by atoms with E-state index in [1.165, 1.54) is 16.7 Å². The third-order valence-electron chi connectivity index (χ3n) is 7.00. The lowest BCUT2D eigenvalue weighted by molar-refractivity contribution is 0.0696. The summed E-state index contributed by atoms with van der Waals surface area (Å²) >= 11 is 0. The smallest absolute Gasteiger partial charge is 0.337 e. The van der Waals surface area contributed by atoms with Crippen molar-refractivity contribution in [2.75, 3.05) is 36.4 Å². The van der Waals surface area contributed by atoms with E-state index in [0.717, 1.165) is 5.56 Å². The first kappa shape index (κ1) is 26.4. The van der Waals surface area contributed by atoms with Crippen molar-refractivity contribution in [1.29, 1.82) is 5.26 Å². The van der Waals surface area contributed by atoms with E-state index < -0.39 is 17.6 Å². The van der Waals surface area contributed by atoms with Crippen LogP contribution >= 0.6 is 0 Å². The Kier molecular flexibility index (Phi) is 6.96. The maximum atomic E-state index is 13.5. The van der Waals surface area contributed by atoms with Gasteiger partial charge in [0.2, 0.25) is 0 Å². The standard InChI is InChI=1S/C28H28N8O4/c1-17-12-21(18(2)31-23-7-5-4-6-20(23)28(39)40)25-32-24(22(13-29)27(38)36(25)15-17)34-8-10-35(11-9-34)26(37)19-14-30-33(3)16-19/h4-7,12,14-16,18,31H,8-11H2,1-3H3,(H,39,40)/t18-/m1/s1. The fraction of sp³-hybridized carbons (Fsp3) is 0.286. The first-order valence-electron chi connectivity index (χ1n) is 12.8. The van der Waals surface area contributed by atoms with Gasteiger partial charge in [-0.05, 0) is 37.6 Å². The van der Waals surface area contributed by atoms with Gasteiger partial charge >= 0.3 is 5.97 Å². The molecule has 4 aromatic rings.